The van der Waals surface area contributed by atoms with Gasteiger partial charge in [-0.05, 0) is 42.1 Å². The van der Waals surface area contributed by atoms with Gasteiger partial charge in [-0.15, -0.1) is 11.3 Å². The number of benzene rings is 1. The molecule has 0 aliphatic heterocycles. The summed E-state index contributed by atoms with van der Waals surface area (Å²) in [4.78, 5) is 8.17. The van der Waals surface area contributed by atoms with Crippen molar-refractivity contribution < 1.29 is 0 Å². The highest BCUT2D eigenvalue weighted by Crippen LogP contribution is 2.12. The van der Waals surface area contributed by atoms with Crippen LogP contribution >= 0.6 is 11.3 Å². The second-order valence-electron chi connectivity index (χ2n) is 5.91. The zero-order valence-corrected chi connectivity index (χ0v) is 16.4. The van der Waals surface area contributed by atoms with Crippen LogP contribution < -0.4 is 10.6 Å². The molecule has 0 atom stereocenters. The topological polar surface area (TPSA) is 39.7 Å². The van der Waals surface area contributed by atoms with Crippen molar-refractivity contribution in [3.05, 3.63) is 57.8 Å². The molecular weight excluding hydrogens is 328 g/mol. The van der Waals surface area contributed by atoms with Gasteiger partial charge in [0.2, 0.25) is 0 Å². The van der Waals surface area contributed by atoms with Gasteiger partial charge in [0.05, 0.1) is 0 Å². The standard InChI is InChI=1S/C20H30N4S/c1-4-24(5-2)16-18-10-7-6-9-17(18)15-23-20(21-3)22-13-12-19-11-8-14-25-19/h6-11,14H,4-5,12-13,15-16H2,1-3H3,(H2,21,22,23). The molecule has 2 aromatic rings. The lowest BCUT2D eigenvalue weighted by Gasteiger charge is -2.20. The zero-order chi connectivity index (χ0) is 17.9. The van der Waals surface area contributed by atoms with Crippen molar-refractivity contribution in [2.24, 2.45) is 4.99 Å². The Morgan fingerprint density at radius 2 is 1.80 bits per heavy atom. The Balaban J connectivity index is 1.86. The van der Waals surface area contributed by atoms with Gasteiger partial charge in [0.25, 0.3) is 0 Å². The number of nitrogens with zero attached hydrogens (tertiary/aromatic N) is 2. The molecule has 0 spiro atoms. The van der Waals surface area contributed by atoms with Crippen LogP contribution in [0.2, 0.25) is 0 Å². The number of guanidine groups is 1. The minimum Gasteiger partial charge on any atom is -0.356 e. The second-order valence-corrected chi connectivity index (χ2v) is 6.94. The lowest BCUT2D eigenvalue weighted by Crippen LogP contribution is -2.38. The van der Waals surface area contributed by atoms with E-state index in [-0.39, 0.29) is 0 Å². The van der Waals surface area contributed by atoms with Gasteiger partial charge >= 0.3 is 0 Å². The van der Waals surface area contributed by atoms with Crippen LogP contribution in [0.15, 0.2) is 46.8 Å². The van der Waals surface area contributed by atoms with Crippen molar-refractivity contribution in [1.29, 1.82) is 0 Å². The van der Waals surface area contributed by atoms with Gasteiger partial charge in [0.15, 0.2) is 5.96 Å². The highest BCUT2D eigenvalue weighted by atomic mass is 32.1. The Hall–Kier alpha value is -1.85. The Morgan fingerprint density at radius 1 is 1.04 bits per heavy atom. The fourth-order valence-electron chi connectivity index (χ4n) is 2.73. The number of hydrogen-bond donors (Lipinski definition) is 2. The maximum atomic E-state index is 4.33. The Bertz CT molecular complexity index is 633. The third kappa shape index (κ3) is 6.52. The molecule has 136 valence electrons. The molecule has 0 radical (unpaired) electrons. The number of hydrogen-bond acceptors (Lipinski definition) is 3. The first-order valence-corrected chi connectivity index (χ1v) is 9.90. The third-order valence-corrected chi connectivity index (χ3v) is 5.26. The normalized spacial score (nSPS) is 11.8. The maximum Gasteiger partial charge on any atom is 0.191 e. The average Bonchev–Trinajstić information content (AvgIpc) is 3.16. The van der Waals surface area contributed by atoms with Crippen molar-refractivity contribution in [1.82, 2.24) is 15.5 Å². The van der Waals surface area contributed by atoms with Crippen LogP contribution in [-0.2, 0) is 19.5 Å². The summed E-state index contributed by atoms with van der Waals surface area (Å²) < 4.78 is 0. The van der Waals surface area contributed by atoms with Crippen LogP contribution in [0, 0.1) is 0 Å². The third-order valence-electron chi connectivity index (χ3n) is 4.32. The highest BCUT2D eigenvalue weighted by molar-refractivity contribution is 7.09. The largest absolute Gasteiger partial charge is 0.356 e. The predicted molar refractivity (Wildman–Crippen MR) is 109 cm³/mol. The van der Waals surface area contributed by atoms with Crippen LogP contribution in [0.1, 0.15) is 29.9 Å². The molecule has 0 amide bonds. The summed E-state index contributed by atoms with van der Waals surface area (Å²) in [5, 5.41) is 8.96. The maximum absolute atomic E-state index is 4.33. The van der Waals surface area contributed by atoms with Crippen LogP contribution in [0.5, 0.6) is 0 Å². The molecule has 5 heteroatoms. The molecule has 0 unspecified atom stereocenters. The molecule has 0 saturated carbocycles. The number of rotatable bonds is 9. The lowest BCUT2D eigenvalue weighted by atomic mass is 10.1. The summed E-state index contributed by atoms with van der Waals surface area (Å²) in [6.45, 7) is 9.24. The molecule has 0 aliphatic carbocycles. The predicted octanol–water partition coefficient (Wildman–Crippen LogP) is 3.50. The van der Waals surface area contributed by atoms with Gasteiger partial charge in [0, 0.05) is 31.6 Å². The fraction of sp³-hybridized carbons (Fsp3) is 0.450. The summed E-state index contributed by atoms with van der Waals surface area (Å²) in [7, 11) is 1.82. The van der Waals surface area contributed by atoms with E-state index < -0.39 is 0 Å². The van der Waals surface area contributed by atoms with Crippen LogP contribution in [0.4, 0.5) is 0 Å². The Kier molecular flexibility index (Phi) is 8.49. The molecule has 0 saturated heterocycles. The SMILES string of the molecule is CCN(CC)Cc1ccccc1CNC(=NC)NCCc1cccs1. The van der Waals surface area contributed by atoms with Crippen LogP contribution in [0.25, 0.3) is 0 Å². The number of nitrogens with one attached hydrogen (secondary N) is 2. The van der Waals surface area contributed by atoms with E-state index in [1.54, 1.807) is 11.3 Å². The Morgan fingerprint density at radius 3 is 2.44 bits per heavy atom. The molecule has 0 bridgehead atoms. The van der Waals surface area contributed by atoms with E-state index in [1.807, 2.05) is 7.05 Å². The van der Waals surface area contributed by atoms with E-state index in [0.29, 0.717) is 0 Å². The molecule has 0 aliphatic rings. The van der Waals surface area contributed by atoms with Crippen molar-refractivity contribution in [3.8, 4) is 0 Å². The first-order valence-electron chi connectivity index (χ1n) is 9.02. The fourth-order valence-corrected chi connectivity index (χ4v) is 3.44. The summed E-state index contributed by atoms with van der Waals surface area (Å²) in [6, 6.07) is 12.9. The van der Waals surface area contributed by atoms with E-state index >= 15 is 0 Å². The average molecular weight is 359 g/mol. The Labute approximate surface area is 156 Å². The zero-order valence-electron chi connectivity index (χ0n) is 15.6. The minimum absolute atomic E-state index is 0.788. The molecule has 1 aromatic heterocycles. The smallest absolute Gasteiger partial charge is 0.191 e. The number of aliphatic imine (C=N–C) groups is 1. The van der Waals surface area contributed by atoms with Gasteiger partial charge in [0.1, 0.15) is 0 Å². The van der Waals surface area contributed by atoms with E-state index in [4.69, 9.17) is 0 Å². The van der Waals surface area contributed by atoms with Gasteiger partial charge in [-0.2, -0.15) is 0 Å². The van der Waals surface area contributed by atoms with Gasteiger partial charge < -0.3 is 10.6 Å². The summed E-state index contributed by atoms with van der Waals surface area (Å²) in [5.74, 6) is 0.856. The summed E-state index contributed by atoms with van der Waals surface area (Å²) in [6.07, 6.45) is 1.02. The van der Waals surface area contributed by atoms with Crippen LogP contribution in [-0.4, -0.2) is 37.5 Å². The lowest BCUT2D eigenvalue weighted by molar-refractivity contribution is 0.295. The monoisotopic (exact) mass is 358 g/mol. The minimum atomic E-state index is 0.788. The van der Waals surface area contributed by atoms with Crippen LogP contribution in [0.3, 0.4) is 0 Å². The first-order chi connectivity index (χ1) is 12.3. The number of thiophene rings is 1. The van der Waals surface area contributed by atoms with Crippen molar-refractivity contribution in [2.45, 2.75) is 33.4 Å². The molecule has 2 rings (SSSR count). The van der Waals surface area contributed by atoms with Crippen molar-refractivity contribution in [2.75, 3.05) is 26.7 Å². The van der Waals surface area contributed by atoms with Gasteiger partial charge in [-0.25, -0.2) is 0 Å². The van der Waals surface area contributed by atoms with E-state index in [2.05, 4.69) is 76.2 Å². The molecule has 1 heterocycles. The molecule has 1 aromatic carbocycles. The van der Waals surface area contributed by atoms with E-state index in [9.17, 15) is 0 Å². The summed E-state index contributed by atoms with van der Waals surface area (Å²) in [5.41, 5.74) is 2.71. The first kappa shape index (κ1) is 19.5. The van der Waals surface area contributed by atoms with Crippen molar-refractivity contribution >= 4 is 17.3 Å². The second kappa shape index (κ2) is 10.9. The quantitative estimate of drug-likeness (QED) is 0.532. The highest BCUT2D eigenvalue weighted by Gasteiger charge is 2.07. The molecule has 25 heavy (non-hydrogen) atoms. The van der Waals surface area contributed by atoms with Gasteiger partial charge in [-0.1, -0.05) is 44.2 Å². The molecule has 4 nitrogen and oxygen atoms in total. The molecular formula is C20H30N4S. The summed E-state index contributed by atoms with van der Waals surface area (Å²) >= 11 is 1.80. The molecule has 2 N–H and O–H groups in total. The molecule has 0 fully saturated rings. The van der Waals surface area contributed by atoms with Crippen molar-refractivity contribution in [3.63, 3.8) is 0 Å². The van der Waals surface area contributed by atoms with E-state index in [0.717, 1.165) is 45.1 Å². The van der Waals surface area contributed by atoms with E-state index in [1.165, 1.54) is 16.0 Å². The van der Waals surface area contributed by atoms with Gasteiger partial charge in [-0.3, -0.25) is 9.89 Å².